The lowest BCUT2D eigenvalue weighted by atomic mass is 10.1. The van der Waals surface area contributed by atoms with Gasteiger partial charge in [0.1, 0.15) is 5.69 Å². The van der Waals surface area contributed by atoms with Crippen LogP contribution >= 0.6 is 0 Å². The van der Waals surface area contributed by atoms with E-state index in [1.165, 1.54) is 0 Å². The molecule has 0 unspecified atom stereocenters. The molecule has 4 rings (SSSR count). The van der Waals surface area contributed by atoms with Crippen molar-refractivity contribution in [1.82, 2.24) is 9.97 Å². The molecule has 0 aliphatic carbocycles. The minimum absolute atomic E-state index is 0.141. The van der Waals surface area contributed by atoms with Gasteiger partial charge in [0.2, 0.25) is 5.91 Å². The lowest BCUT2D eigenvalue weighted by Crippen LogP contribution is -2.16. The smallest absolute Gasteiger partial charge is 0.230 e. The molecule has 0 atom stereocenters. The van der Waals surface area contributed by atoms with Crippen LogP contribution in [-0.2, 0) is 11.2 Å². The van der Waals surface area contributed by atoms with E-state index in [2.05, 4.69) is 10.3 Å². The first-order valence-corrected chi connectivity index (χ1v) is 10.4. The number of hydrogen-bond acceptors (Lipinski definition) is 4. The largest absolute Gasteiger partial charge is 0.399 e. The SMILES string of the molecule is Cc1ccc(CC(=O)Nc2ncc(-c3ccc(N)cc3)nc2/C=C/c2ccccc2)cc1. The molecular formula is C27H24N4O. The van der Waals surface area contributed by atoms with Crippen LogP contribution in [0, 0.1) is 6.92 Å². The predicted molar refractivity (Wildman–Crippen MR) is 131 cm³/mol. The molecule has 5 heteroatoms. The Hall–Kier alpha value is -4.25. The third-order valence-corrected chi connectivity index (χ3v) is 4.98. The third-order valence-electron chi connectivity index (χ3n) is 4.98. The summed E-state index contributed by atoms with van der Waals surface area (Å²) in [6, 6.07) is 25.3. The zero-order valence-electron chi connectivity index (χ0n) is 17.8. The summed E-state index contributed by atoms with van der Waals surface area (Å²) >= 11 is 0. The highest BCUT2D eigenvalue weighted by Gasteiger charge is 2.11. The van der Waals surface area contributed by atoms with Crippen LogP contribution in [0.5, 0.6) is 0 Å². The van der Waals surface area contributed by atoms with Gasteiger partial charge in [0.15, 0.2) is 5.82 Å². The fraction of sp³-hybridized carbons (Fsp3) is 0.0741. The minimum Gasteiger partial charge on any atom is -0.399 e. The topological polar surface area (TPSA) is 80.9 Å². The van der Waals surface area contributed by atoms with Gasteiger partial charge in [0.25, 0.3) is 0 Å². The van der Waals surface area contributed by atoms with Crippen molar-refractivity contribution < 1.29 is 4.79 Å². The summed E-state index contributed by atoms with van der Waals surface area (Å²) in [6.07, 6.45) is 5.74. The number of nitrogen functional groups attached to an aromatic ring is 1. The minimum atomic E-state index is -0.141. The first-order valence-electron chi connectivity index (χ1n) is 10.4. The first-order chi connectivity index (χ1) is 15.6. The van der Waals surface area contributed by atoms with E-state index in [1.54, 1.807) is 6.20 Å². The number of rotatable bonds is 6. The molecule has 0 aliphatic heterocycles. The fourth-order valence-electron chi connectivity index (χ4n) is 3.22. The van der Waals surface area contributed by atoms with E-state index in [0.717, 1.165) is 22.3 Å². The van der Waals surface area contributed by atoms with Crippen LogP contribution in [0.2, 0.25) is 0 Å². The second kappa shape index (κ2) is 9.71. The Morgan fingerprint density at radius 2 is 1.66 bits per heavy atom. The fourth-order valence-corrected chi connectivity index (χ4v) is 3.22. The molecule has 158 valence electrons. The summed E-state index contributed by atoms with van der Waals surface area (Å²) in [7, 11) is 0. The Kier molecular flexibility index (Phi) is 6.37. The van der Waals surface area contributed by atoms with Gasteiger partial charge in [-0.15, -0.1) is 0 Å². The van der Waals surface area contributed by atoms with Gasteiger partial charge in [-0.2, -0.15) is 0 Å². The number of benzene rings is 3. The molecule has 0 saturated carbocycles. The van der Waals surface area contributed by atoms with E-state index >= 15 is 0 Å². The normalized spacial score (nSPS) is 10.9. The van der Waals surface area contributed by atoms with Crippen molar-refractivity contribution in [1.29, 1.82) is 0 Å². The second-order valence-electron chi connectivity index (χ2n) is 7.57. The molecule has 1 amide bonds. The Bertz CT molecular complexity index is 1230. The van der Waals surface area contributed by atoms with E-state index in [0.29, 0.717) is 22.9 Å². The van der Waals surface area contributed by atoms with Gasteiger partial charge in [0, 0.05) is 11.3 Å². The van der Waals surface area contributed by atoms with Crippen molar-refractivity contribution in [3.8, 4) is 11.3 Å². The highest BCUT2D eigenvalue weighted by molar-refractivity contribution is 5.93. The first kappa shape index (κ1) is 21.0. The Balaban J connectivity index is 1.62. The number of carbonyl (C=O) groups is 1. The van der Waals surface area contributed by atoms with Crippen LogP contribution < -0.4 is 11.1 Å². The van der Waals surface area contributed by atoms with Gasteiger partial charge in [-0.25, -0.2) is 9.97 Å². The summed E-state index contributed by atoms with van der Waals surface area (Å²) in [4.78, 5) is 21.9. The van der Waals surface area contributed by atoms with Gasteiger partial charge in [0.05, 0.1) is 18.3 Å². The molecule has 4 aromatic rings. The van der Waals surface area contributed by atoms with Gasteiger partial charge in [-0.1, -0.05) is 78.4 Å². The lowest BCUT2D eigenvalue weighted by molar-refractivity contribution is -0.115. The Morgan fingerprint density at radius 3 is 2.38 bits per heavy atom. The molecule has 3 N–H and O–H groups in total. The molecule has 0 aliphatic rings. The van der Waals surface area contributed by atoms with Crippen LogP contribution in [0.4, 0.5) is 11.5 Å². The number of hydrogen-bond donors (Lipinski definition) is 2. The van der Waals surface area contributed by atoms with Gasteiger partial charge >= 0.3 is 0 Å². The Labute approximate surface area is 187 Å². The van der Waals surface area contributed by atoms with Crippen LogP contribution in [0.15, 0.2) is 85.1 Å². The average Bonchev–Trinajstić information content (AvgIpc) is 2.81. The molecule has 0 saturated heterocycles. The van der Waals surface area contributed by atoms with Crippen LogP contribution in [0.1, 0.15) is 22.4 Å². The van der Waals surface area contributed by atoms with Crippen molar-refractivity contribution in [3.63, 3.8) is 0 Å². The number of amides is 1. The summed E-state index contributed by atoms with van der Waals surface area (Å²) < 4.78 is 0. The third kappa shape index (κ3) is 5.46. The van der Waals surface area contributed by atoms with Crippen LogP contribution in [0.3, 0.4) is 0 Å². The number of carbonyl (C=O) groups excluding carboxylic acids is 1. The summed E-state index contributed by atoms with van der Waals surface area (Å²) in [5.74, 6) is 0.284. The van der Waals surface area contributed by atoms with Crippen molar-refractivity contribution in [3.05, 3.63) is 107 Å². The molecule has 32 heavy (non-hydrogen) atoms. The monoisotopic (exact) mass is 420 g/mol. The number of aromatic nitrogens is 2. The van der Waals surface area contributed by atoms with Crippen molar-refractivity contribution in [2.75, 3.05) is 11.1 Å². The molecule has 1 heterocycles. The molecule has 0 spiro atoms. The van der Waals surface area contributed by atoms with Crippen molar-refractivity contribution in [2.24, 2.45) is 0 Å². The highest BCUT2D eigenvalue weighted by Crippen LogP contribution is 2.22. The number of nitrogens with two attached hydrogens (primary N) is 1. The van der Waals surface area contributed by atoms with Crippen LogP contribution in [-0.4, -0.2) is 15.9 Å². The molecule has 3 aromatic carbocycles. The van der Waals surface area contributed by atoms with Gasteiger partial charge in [-0.05, 0) is 36.3 Å². The standard InChI is InChI=1S/C27H24N4O/c1-19-7-9-21(10-8-19)17-26(32)31-27-24(16-11-20-5-3-2-4-6-20)30-25(18-29-27)22-12-14-23(28)15-13-22/h2-16,18H,17,28H2,1H3,(H,29,31,32)/b16-11+. The Morgan fingerprint density at radius 1 is 0.938 bits per heavy atom. The zero-order chi connectivity index (χ0) is 22.3. The maximum Gasteiger partial charge on any atom is 0.230 e. The van der Waals surface area contributed by atoms with Crippen molar-refractivity contribution >= 4 is 29.6 Å². The van der Waals surface area contributed by atoms with Crippen molar-refractivity contribution in [2.45, 2.75) is 13.3 Å². The van der Waals surface area contributed by atoms with E-state index in [9.17, 15) is 4.79 Å². The molecule has 0 bridgehead atoms. The highest BCUT2D eigenvalue weighted by atomic mass is 16.1. The molecule has 0 fully saturated rings. The average molecular weight is 421 g/mol. The molecule has 5 nitrogen and oxygen atoms in total. The quantitative estimate of drug-likeness (QED) is 0.410. The molecular weight excluding hydrogens is 396 g/mol. The van der Waals surface area contributed by atoms with E-state index in [1.807, 2.05) is 97.9 Å². The summed E-state index contributed by atoms with van der Waals surface area (Å²) in [5.41, 5.74) is 11.8. The van der Waals surface area contributed by atoms with Gasteiger partial charge < -0.3 is 11.1 Å². The van der Waals surface area contributed by atoms with Crippen LogP contribution in [0.25, 0.3) is 23.4 Å². The number of anilines is 2. The summed E-state index contributed by atoms with van der Waals surface area (Å²) in [5, 5.41) is 2.91. The number of nitrogens with one attached hydrogen (secondary N) is 1. The number of aryl methyl sites for hydroxylation is 1. The van der Waals surface area contributed by atoms with E-state index < -0.39 is 0 Å². The number of nitrogens with zero attached hydrogens (tertiary/aromatic N) is 2. The second-order valence-corrected chi connectivity index (χ2v) is 7.57. The molecule has 0 radical (unpaired) electrons. The van der Waals surface area contributed by atoms with E-state index in [-0.39, 0.29) is 12.3 Å². The maximum absolute atomic E-state index is 12.7. The van der Waals surface area contributed by atoms with Gasteiger partial charge in [-0.3, -0.25) is 4.79 Å². The maximum atomic E-state index is 12.7. The summed E-state index contributed by atoms with van der Waals surface area (Å²) in [6.45, 7) is 2.02. The lowest BCUT2D eigenvalue weighted by Gasteiger charge is -2.10. The zero-order valence-corrected chi connectivity index (χ0v) is 17.8. The predicted octanol–water partition coefficient (Wildman–Crippen LogP) is 5.39. The molecule has 1 aromatic heterocycles. The van der Waals surface area contributed by atoms with E-state index in [4.69, 9.17) is 10.7 Å².